The monoisotopic (exact) mass is 273 g/mol. The van der Waals surface area contributed by atoms with Gasteiger partial charge in [0.05, 0.1) is 6.04 Å². The molecule has 0 aromatic carbocycles. The van der Waals surface area contributed by atoms with Gasteiger partial charge in [0.1, 0.15) is 12.2 Å². The number of pyridine rings is 1. The molecule has 1 saturated carbocycles. The first-order valence-corrected chi connectivity index (χ1v) is 7.19. The molecular formula is C15H19N3O2. The van der Waals surface area contributed by atoms with E-state index < -0.39 is 0 Å². The molecule has 3 rings (SSSR count). The molecule has 1 aliphatic carbocycles. The molecule has 0 spiro atoms. The number of hydrogen-bond donors (Lipinski definition) is 1. The summed E-state index contributed by atoms with van der Waals surface area (Å²) in [5.41, 5.74) is 1.25. The summed E-state index contributed by atoms with van der Waals surface area (Å²) in [5, 5.41) is 3.01. The van der Waals surface area contributed by atoms with Crippen molar-refractivity contribution in [2.45, 2.75) is 44.7 Å². The maximum Gasteiger partial charge on any atom is 0.273 e. The van der Waals surface area contributed by atoms with Gasteiger partial charge in [-0.15, -0.1) is 0 Å². The molecule has 2 unspecified atom stereocenters. The minimum atomic E-state index is -0.125. The van der Waals surface area contributed by atoms with E-state index in [-0.39, 0.29) is 30.4 Å². The molecule has 2 fully saturated rings. The van der Waals surface area contributed by atoms with Gasteiger partial charge in [0.2, 0.25) is 5.91 Å². The normalized spacial score (nSPS) is 25.9. The van der Waals surface area contributed by atoms with Crippen molar-refractivity contribution in [1.29, 1.82) is 0 Å². The lowest BCUT2D eigenvalue weighted by molar-refractivity contribution is -0.127. The second-order valence-electron chi connectivity index (χ2n) is 5.62. The fourth-order valence-corrected chi connectivity index (χ4v) is 3.21. The Bertz CT molecular complexity index is 544. The molecule has 1 aliphatic heterocycles. The average molecular weight is 273 g/mol. The second kappa shape index (κ2) is 5.23. The number of piperazine rings is 1. The summed E-state index contributed by atoms with van der Waals surface area (Å²) in [6.07, 6.45) is 4.15. The van der Waals surface area contributed by atoms with E-state index in [1.807, 2.05) is 19.1 Å². The fourth-order valence-electron chi connectivity index (χ4n) is 3.21. The van der Waals surface area contributed by atoms with Gasteiger partial charge in [-0.05, 0) is 31.9 Å². The van der Waals surface area contributed by atoms with Crippen LogP contribution in [-0.2, 0) is 4.79 Å². The summed E-state index contributed by atoms with van der Waals surface area (Å²) in [7, 11) is 0. The number of aryl methyl sites for hydroxylation is 1. The Morgan fingerprint density at radius 1 is 1.35 bits per heavy atom. The number of fused-ring (bicyclic) bond motifs is 1. The van der Waals surface area contributed by atoms with Gasteiger partial charge in [-0.25, -0.2) is 4.98 Å². The topological polar surface area (TPSA) is 62.3 Å². The molecule has 2 heterocycles. The Hall–Kier alpha value is -1.91. The molecule has 1 aromatic rings. The molecule has 1 saturated heterocycles. The van der Waals surface area contributed by atoms with Crippen molar-refractivity contribution in [3.05, 3.63) is 29.6 Å². The van der Waals surface area contributed by atoms with Crippen molar-refractivity contribution >= 4 is 11.8 Å². The zero-order valence-corrected chi connectivity index (χ0v) is 11.6. The summed E-state index contributed by atoms with van der Waals surface area (Å²) >= 11 is 0. The Labute approximate surface area is 118 Å². The first-order valence-electron chi connectivity index (χ1n) is 7.19. The van der Waals surface area contributed by atoms with E-state index in [9.17, 15) is 9.59 Å². The van der Waals surface area contributed by atoms with Gasteiger partial charge in [0, 0.05) is 11.7 Å². The van der Waals surface area contributed by atoms with E-state index in [4.69, 9.17) is 0 Å². The Morgan fingerprint density at radius 2 is 2.15 bits per heavy atom. The molecule has 1 aromatic heterocycles. The molecule has 2 atom stereocenters. The van der Waals surface area contributed by atoms with Gasteiger partial charge in [-0.1, -0.05) is 18.9 Å². The SMILES string of the molecule is Cc1cccc(C(=O)N2CC(=O)NC3CCCCC32)n1. The number of amides is 2. The molecule has 106 valence electrons. The zero-order valence-electron chi connectivity index (χ0n) is 11.6. The van der Waals surface area contributed by atoms with Crippen LogP contribution in [0, 0.1) is 6.92 Å². The summed E-state index contributed by atoms with van der Waals surface area (Å²) in [5.74, 6) is -0.186. The highest BCUT2D eigenvalue weighted by Crippen LogP contribution is 2.26. The van der Waals surface area contributed by atoms with Gasteiger partial charge >= 0.3 is 0 Å². The van der Waals surface area contributed by atoms with Crippen LogP contribution in [0.15, 0.2) is 18.2 Å². The first-order chi connectivity index (χ1) is 9.65. The third-order valence-electron chi connectivity index (χ3n) is 4.16. The Morgan fingerprint density at radius 3 is 2.95 bits per heavy atom. The maximum absolute atomic E-state index is 12.6. The first kappa shape index (κ1) is 13.1. The number of carbonyl (C=O) groups is 2. The maximum atomic E-state index is 12.6. The van der Waals surface area contributed by atoms with E-state index in [1.54, 1.807) is 11.0 Å². The van der Waals surface area contributed by atoms with E-state index in [0.717, 1.165) is 31.4 Å². The standard InChI is InChI=1S/C15H19N3O2/c1-10-5-4-7-12(16-10)15(20)18-9-14(19)17-11-6-2-3-8-13(11)18/h4-5,7,11,13H,2-3,6,8-9H2,1H3,(H,17,19). The van der Waals surface area contributed by atoms with Crippen LogP contribution >= 0.6 is 0 Å². The van der Waals surface area contributed by atoms with Crippen molar-refractivity contribution in [2.24, 2.45) is 0 Å². The minimum Gasteiger partial charge on any atom is -0.350 e. The highest BCUT2D eigenvalue weighted by Gasteiger charge is 2.39. The Kier molecular flexibility index (Phi) is 3.42. The number of hydrogen-bond acceptors (Lipinski definition) is 3. The van der Waals surface area contributed by atoms with Crippen molar-refractivity contribution in [3.63, 3.8) is 0 Å². The third-order valence-corrected chi connectivity index (χ3v) is 4.16. The number of nitrogens with one attached hydrogen (secondary N) is 1. The van der Waals surface area contributed by atoms with Gasteiger partial charge < -0.3 is 10.2 Å². The molecule has 5 nitrogen and oxygen atoms in total. The predicted molar refractivity (Wildman–Crippen MR) is 74.2 cm³/mol. The molecule has 5 heteroatoms. The van der Waals surface area contributed by atoms with Crippen LogP contribution < -0.4 is 5.32 Å². The number of rotatable bonds is 1. The van der Waals surface area contributed by atoms with Gasteiger partial charge in [0.15, 0.2) is 0 Å². The highest BCUT2D eigenvalue weighted by molar-refractivity contribution is 5.96. The zero-order chi connectivity index (χ0) is 14.1. The lowest BCUT2D eigenvalue weighted by Gasteiger charge is -2.43. The van der Waals surface area contributed by atoms with Gasteiger partial charge in [-0.3, -0.25) is 9.59 Å². The smallest absolute Gasteiger partial charge is 0.273 e. The molecule has 1 N–H and O–H groups in total. The van der Waals surface area contributed by atoms with E-state index in [2.05, 4.69) is 10.3 Å². The summed E-state index contributed by atoms with van der Waals surface area (Å²) in [6.45, 7) is 2.01. The lowest BCUT2D eigenvalue weighted by atomic mass is 9.87. The number of nitrogens with zero attached hydrogens (tertiary/aromatic N) is 2. The largest absolute Gasteiger partial charge is 0.350 e. The van der Waals surface area contributed by atoms with Crippen molar-refractivity contribution in [3.8, 4) is 0 Å². The fraction of sp³-hybridized carbons (Fsp3) is 0.533. The van der Waals surface area contributed by atoms with Crippen LogP contribution in [-0.4, -0.2) is 40.3 Å². The second-order valence-corrected chi connectivity index (χ2v) is 5.62. The number of aromatic nitrogens is 1. The molecule has 20 heavy (non-hydrogen) atoms. The van der Waals surface area contributed by atoms with Crippen LogP contribution in [0.2, 0.25) is 0 Å². The van der Waals surface area contributed by atoms with Crippen LogP contribution in [0.25, 0.3) is 0 Å². The van der Waals surface area contributed by atoms with Crippen LogP contribution in [0.3, 0.4) is 0 Å². The molecule has 2 amide bonds. The quantitative estimate of drug-likeness (QED) is 0.838. The van der Waals surface area contributed by atoms with Crippen LogP contribution in [0.4, 0.5) is 0 Å². The van der Waals surface area contributed by atoms with Gasteiger partial charge in [0.25, 0.3) is 5.91 Å². The average Bonchev–Trinajstić information content (AvgIpc) is 2.45. The highest BCUT2D eigenvalue weighted by atomic mass is 16.2. The van der Waals surface area contributed by atoms with Crippen molar-refractivity contribution in [1.82, 2.24) is 15.2 Å². The summed E-state index contributed by atoms with van der Waals surface area (Å²) < 4.78 is 0. The van der Waals surface area contributed by atoms with Crippen LogP contribution in [0.1, 0.15) is 41.9 Å². The predicted octanol–water partition coefficient (Wildman–Crippen LogP) is 1.27. The number of carbonyl (C=O) groups excluding carboxylic acids is 2. The Balaban J connectivity index is 1.86. The molecular weight excluding hydrogens is 254 g/mol. The summed E-state index contributed by atoms with van der Waals surface area (Å²) in [4.78, 5) is 30.4. The molecule has 2 aliphatic rings. The van der Waals surface area contributed by atoms with Gasteiger partial charge in [-0.2, -0.15) is 0 Å². The van der Waals surface area contributed by atoms with E-state index in [1.165, 1.54) is 0 Å². The molecule has 0 bridgehead atoms. The lowest BCUT2D eigenvalue weighted by Crippen LogP contribution is -2.63. The van der Waals surface area contributed by atoms with E-state index in [0.29, 0.717) is 5.69 Å². The minimum absolute atomic E-state index is 0.0610. The van der Waals surface area contributed by atoms with E-state index >= 15 is 0 Å². The van der Waals surface area contributed by atoms with Crippen LogP contribution in [0.5, 0.6) is 0 Å². The third kappa shape index (κ3) is 2.40. The van der Waals surface area contributed by atoms with Crippen molar-refractivity contribution < 1.29 is 9.59 Å². The summed E-state index contributed by atoms with van der Waals surface area (Å²) in [6, 6.07) is 5.65. The van der Waals surface area contributed by atoms with Crippen molar-refractivity contribution in [2.75, 3.05) is 6.54 Å². The molecule has 0 radical (unpaired) electrons.